The Kier molecular flexibility index (Phi) is 4.35. The molecule has 4 rings (SSSR count). The van der Waals surface area contributed by atoms with E-state index in [1.807, 2.05) is 66.1 Å². The quantitative estimate of drug-likeness (QED) is 0.517. The standard InChI is InChI=1S/C21H18ClN3O/c1-14-6-2-4-8-16(14)19-21(23-18(26)10-12-22)25-13-11-15-7-3-5-9-17(15)20(25)24-19/h2-9,11,13H,10,12H2,1H3,(H,23,26). The Hall–Kier alpha value is -2.85. The third-order valence-electron chi connectivity index (χ3n) is 4.50. The van der Waals surface area contributed by atoms with Gasteiger partial charge in [0, 0.05) is 29.4 Å². The average molecular weight is 364 g/mol. The Labute approximate surface area is 156 Å². The fourth-order valence-electron chi connectivity index (χ4n) is 3.19. The first-order chi connectivity index (χ1) is 12.7. The van der Waals surface area contributed by atoms with Crippen molar-refractivity contribution in [2.75, 3.05) is 11.2 Å². The summed E-state index contributed by atoms with van der Waals surface area (Å²) < 4.78 is 1.94. The number of halogens is 1. The highest BCUT2D eigenvalue weighted by molar-refractivity contribution is 6.19. The molecule has 0 radical (unpaired) electrons. The van der Waals surface area contributed by atoms with E-state index in [1.165, 1.54) is 0 Å². The Balaban J connectivity index is 2.01. The van der Waals surface area contributed by atoms with Crippen LogP contribution >= 0.6 is 11.6 Å². The van der Waals surface area contributed by atoms with Gasteiger partial charge in [-0.25, -0.2) is 4.98 Å². The zero-order chi connectivity index (χ0) is 18.1. The van der Waals surface area contributed by atoms with Crippen molar-refractivity contribution < 1.29 is 4.79 Å². The number of nitrogens with zero attached hydrogens (tertiary/aromatic N) is 2. The number of fused-ring (bicyclic) bond motifs is 3. The monoisotopic (exact) mass is 363 g/mol. The Bertz CT molecular complexity index is 1120. The molecule has 2 heterocycles. The molecule has 2 aromatic heterocycles. The van der Waals surface area contributed by atoms with E-state index in [-0.39, 0.29) is 18.2 Å². The molecular weight excluding hydrogens is 346 g/mol. The van der Waals surface area contributed by atoms with Gasteiger partial charge in [-0.1, -0.05) is 48.5 Å². The topological polar surface area (TPSA) is 46.4 Å². The number of hydrogen-bond donors (Lipinski definition) is 1. The number of anilines is 1. The van der Waals surface area contributed by atoms with Crippen molar-refractivity contribution in [2.45, 2.75) is 13.3 Å². The second-order valence-corrected chi connectivity index (χ2v) is 6.59. The molecule has 0 spiro atoms. The number of carbonyl (C=O) groups is 1. The van der Waals surface area contributed by atoms with Crippen LogP contribution in [0, 0.1) is 6.92 Å². The summed E-state index contributed by atoms with van der Waals surface area (Å²) in [6.07, 6.45) is 2.21. The van der Waals surface area contributed by atoms with Crippen LogP contribution in [0.5, 0.6) is 0 Å². The fourth-order valence-corrected chi connectivity index (χ4v) is 3.37. The predicted octanol–water partition coefficient (Wildman–Crippen LogP) is 5.03. The molecule has 0 unspecified atom stereocenters. The van der Waals surface area contributed by atoms with E-state index >= 15 is 0 Å². The largest absolute Gasteiger partial charge is 0.310 e. The molecule has 5 heteroatoms. The molecule has 1 N–H and O–H groups in total. The van der Waals surface area contributed by atoms with Crippen LogP contribution in [0.15, 0.2) is 60.8 Å². The van der Waals surface area contributed by atoms with Crippen LogP contribution in [0.2, 0.25) is 0 Å². The molecule has 130 valence electrons. The lowest BCUT2D eigenvalue weighted by atomic mass is 10.1. The first-order valence-corrected chi connectivity index (χ1v) is 9.04. The van der Waals surface area contributed by atoms with E-state index in [1.54, 1.807) is 0 Å². The van der Waals surface area contributed by atoms with Crippen LogP contribution in [0.1, 0.15) is 12.0 Å². The second-order valence-electron chi connectivity index (χ2n) is 6.21. The van der Waals surface area contributed by atoms with Crippen LogP contribution < -0.4 is 5.32 Å². The summed E-state index contributed by atoms with van der Waals surface area (Å²) in [5, 5.41) is 5.16. The number of aryl methyl sites for hydroxylation is 1. The highest BCUT2D eigenvalue weighted by atomic mass is 35.5. The molecule has 4 nitrogen and oxygen atoms in total. The van der Waals surface area contributed by atoms with Gasteiger partial charge in [-0.2, -0.15) is 0 Å². The molecule has 0 aliphatic heterocycles. The van der Waals surface area contributed by atoms with E-state index in [9.17, 15) is 4.79 Å². The third-order valence-corrected chi connectivity index (χ3v) is 4.68. The normalized spacial score (nSPS) is 11.2. The Morgan fingerprint density at radius 2 is 1.88 bits per heavy atom. The Morgan fingerprint density at radius 1 is 1.12 bits per heavy atom. The smallest absolute Gasteiger partial charge is 0.226 e. The van der Waals surface area contributed by atoms with Crippen molar-refractivity contribution in [1.29, 1.82) is 0 Å². The number of amides is 1. The minimum Gasteiger partial charge on any atom is -0.310 e. The number of hydrogen-bond acceptors (Lipinski definition) is 2. The summed E-state index contributed by atoms with van der Waals surface area (Å²) in [6.45, 7) is 2.04. The van der Waals surface area contributed by atoms with Crippen molar-refractivity contribution in [3.8, 4) is 11.3 Å². The minimum atomic E-state index is -0.121. The van der Waals surface area contributed by atoms with Crippen LogP contribution in [0.25, 0.3) is 27.7 Å². The maximum absolute atomic E-state index is 12.2. The van der Waals surface area contributed by atoms with E-state index in [0.29, 0.717) is 5.82 Å². The number of imidazole rings is 1. The lowest BCUT2D eigenvalue weighted by Gasteiger charge is -2.09. The van der Waals surface area contributed by atoms with Gasteiger partial charge in [-0.05, 0) is 23.9 Å². The van der Waals surface area contributed by atoms with Crippen LogP contribution in [0.4, 0.5) is 5.82 Å². The summed E-state index contributed by atoms with van der Waals surface area (Å²) in [7, 11) is 0. The van der Waals surface area contributed by atoms with Crippen molar-refractivity contribution >= 4 is 39.7 Å². The maximum Gasteiger partial charge on any atom is 0.226 e. The molecule has 0 atom stereocenters. The molecule has 26 heavy (non-hydrogen) atoms. The van der Waals surface area contributed by atoms with E-state index in [2.05, 4.69) is 11.4 Å². The minimum absolute atomic E-state index is 0.121. The van der Waals surface area contributed by atoms with Crippen molar-refractivity contribution in [3.05, 3.63) is 66.4 Å². The van der Waals surface area contributed by atoms with E-state index in [0.717, 1.165) is 33.2 Å². The summed E-state index contributed by atoms with van der Waals surface area (Å²) in [4.78, 5) is 17.1. The van der Waals surface area contributed by atoms with Gasteiger partial charge in [0.05, 0.1) is 0 Å². The SMILES string of the molecule is Cc1ccccc1-c1nc2c3ccccc3ccn2c1NC(=O)CCCl. The number of rotatable bonds is 4. The maximum atomic E-state index is 12.2. The van der Waals surface area contributed by atoms with Gasteiger partial charge in [0.1, 0.15) is 17.2 Å². The molecule has 4 aromatic rings. The summed E-state index contributed by atoms with van der Waals surface area (Å²) in [5.41, 5.74) is 3.69. The van der Waals surface area contributed by atoms with Crippen molar-refractivity contribution in [1.82, 2.24) is 9.38 Å². The van der Waals surface area contributed by atoms with Gasteiger partial charge >= 0.3 is 0 Å². The van der Waals surface area contributed by atoms with E-state index < -0.39 is 0 Å². The highest BCUT2D eigenvalue weighted by Gasteiger charge is 2.18. The highest BCUT2D eigenvalue weighted by Crippen LogP contribution is 2.33. The summed E-state index contributed by atoms with van der Waals surface area (Å²) >= 11 is 5.73. The number of benzene rings is 2. The molecule has 0 fully saturated rings. The lowest BCUT2D eigenvalue weighted by molar-refractivity contribution is -0.115. The number of nitrogens with one attached hydrogen (secondary N) is 1. The van der Waals surface area contributed by atoms with Crippen LogP contribution in [0.3, 0.4) is 0 Å². The second kappa shape index (κ2) is 6.81. The van der Waals surface area contributed by atoms with Crippen molar-refractivity contribution in [3.63, 3.8) is 0 Å². The number of pyridine rings is 1. The zero-order valence-corrected chi connectivity index (χ0v) is 15.1. The van der Waals surface area contributed by atoms with Gasteiger partial charge < -0.3 is 5.32 Å². The molecule has 0 aliphatic carbocycles. The van der Waals surface area contributed by atoms with E-state index in [4.69, 9.17) is 16.6 Å². The molecule has 0 aliphatic rings. The van der Waals surface area contributed by atoms with Gasteiger partial charge in [-0.3, -0.25) is 9.20 Å². The molecule has 0 saturated carbocycles. The van der Waals surface area contributed by atoms with Crippen molar-refractivity contribution in [2.24, 2.45) is 0 Å². The van der Waals surface area contributed by atoms with Crippen LogP contribution in [-0.2, 0) is 4.79 Å². The first kappa shape index (κ1) is 16.6. The molecular formula is C21H18ClN3O. The molecule has 0 bridgehead atoms. The first-order valence-electron chi connectivity index (χ1n) is 8.50. The van der Waals surface area contributed by atoms with Gasteiger partial charge in [0.25, 0.3) is 0 Å². The predicted molar refractivity (Wildman–Crippen MR) is 107 cm³/mol. The van der Waals surface area contributed by atoms with Gasteiger partial charge in [-0.15, -0.1) is 11.6 Å². The summed E-state index contributed by atoms with van der Waals surface area (Å²) in [5.74, 6) is 0.838. The zero-order valence-electron chi connectivity index (χ0n) is 14.4. The number of alkyl halides is 1. The molecule has 1 amide bonds. The third kappa shape index (κ3) is 2.82. The molecule has 2 aromatic carbocycles. The summed E-state index contributed by atoms with van der Waals surface area (Å²) in [6, 6.07) is 18.2. The number of aromatic nitrogens is 2. The molecule has 0 saturated heterocycles. The Morgan fingerprint density at radius 3 is 2.69 bits per heavy atom. The van der Waals surface area contributed by atoms with Gasteiger partial charge in [0.15, 0.2) is 0 Å². The number of carbonyl (C=O) groups excluding carboxylic acids is 1. The van der Waals surface area contributed by atoms with Crippen LogP contribution in [-0.4, -0.2) is 21.2 Å². The lowest BCUT2D eigenvalue weighted by Crippen LogP contribution is -2.14. The average Bonchev–Trinajstić information content (AvgIpc) is 3.01. The van der Waals surface area contributed by atoms with Gasteiger partial charge in [0.2, 0.25) is 5.91 Å². The fraction of sp³-hybridized carbons (Fsp3) is 0.143.